The maximum Gasteiger partial charge on any atom is 0.328 e. The van der Waals surface area contributed by atoms with Crippen LogP contribution < -0.4 is 5.32 Å². The highest BCUT2D eigenvalue weighted by atomic mass is 32.1. The molecule has 0 spiro atoms. The van der Waals surface area contributed by atoms with Crippen LogP contribution >= 0.6 is 11.3 Å². The highest BCUT2D eigenvalue weighted by molar-refractivity contribution is 7.09. The molecular formula is C13H18N2O3S. The number of hydrogen-bond acceptors (Lipinski definition) is 3. The van der Waals surface area contributed by atoms with E-state index >= 15 is 0 Å². The van der Waals surface area contributed by atoms with E-state index in [0.29, 0.717) is 6.54 Å². The summed E-state index contributed by atoms with van der Waals surface area (Å²) in [5.74, 6) is -1.03. The zero-order valence-electron chi connectivity index (χ0n) is 11.0. The second-order valence-electron chi connectivity index (χ2n) is 5.30. The van der Waals surface area contributed by atoms with Crippen LogP contribution in [0.3, 0.4) is 0 Å². The van der Waals surface area contributed by atoms with Gasteiger partial charge < -0.3 is 15.3 Å². The van der Waals surface area contributed by atoms with E-state index in [1.54, 1.807) is 16.2 Å². The number of carbonyl (C=O) groups excluding carboxylic acids is 1. The Kier molecular flexibility index (Phi) is 3.80. The standard InChI is InChI=1S/C13H18N2O3S/c1-13(2,11(16)17)14-12(18)15(9-5-6-9)8-10-4-3-7-19-10/h3-4,7,9H,5-6,8H2,1-2H3,(H,14,18)(H,16,17). The molecule has 1 aliphatic rings. The highest BCUT2D eigenvalue weighted by Crippen LogP contribution is 2.29. The molecule has 1 aromatic rings. The molecule has 0 radical (unpaired) electrons. The first-order chi connectivity index (χ1) is 8.90. The number of carboxylic acids is 1. The molecule has 2 amide bonds. The maximum atomic E-state index is 12.2. The van der Waals surface area contributed by atoms with Gasteiger partial charge in [-0.05, 0) is 38.1 Å². The molecule has 6 heteroatoms. The molecule has 2 rings (SSSR count). The molecule has 1 aromatic heterocycles. The molecule has 0 aromatic carbocycles. The van der Waals surface area contributed by atoms with Crippen molar-refractivity contribution >= 4 is 23.3 Å². The summed E-state index contributed by atoms with van der Waals surface area (Å²) >= 11 is 1.60. The lowest BCUT2D eigenvalue weighted by molar-refractivity contribution is -0.143. The van der Waals surface area contributed by atoms with Crippen molar-refractivity contribution in [2.75, 3.05) is 0 Å². The van der Waals surface area contributed by atoms with Crippen molar-refractivity contribution in [1.29, 1.82) is 0 Å². The second-order valence-corrected chi connectivity index (χ2v) is 6.33. The van der Waals surface area contributed by atoms with E-state index < -0.39 is 11.5 Å². The molecule has 0 saturated heterocycles. The zero-order chi connectivity index (χ0) is 14.0. The molecule has 2 N–H and O–H groups in total. The lowest BCUT2D eigenvalue weighted by Gasteiger charge is -2.28. The minimum atomic E-state index is -1.25. The van der Waals surface area contributed by atoms with Crippen LogP contribution in [0.25, 0.3) is 0 Å². The van der Waals surface area contributed by atoms with Crippen LogP contribution in [0, 0.1) is 0 Å². The monoisotopic (exact) mass is 282 g/mol. The average molecular weight is 282 g/mol. The summed E-state index contributed by atoms with van der Waals surface area (Å²) in [6.07, 6.45) is 1.98. The van der Waals surface area contributed by atoms with Gasteiger partial charge >= 0.3 is 12.0 Å². The molecule has 1 saturated carbocycles. The van der Waals surface area contributed by atoms with Gasteiger partial charge in [-0.1, -0.05) is 6.07 Å². The van der Waals surface area contributed by atoms with Crippen molar-refractivity contribution in [1.82, 2.24) is 10.2 Å². The van der Waals surface area contributed by atoms with E-state index in [2.05, 4.69) is 5.32 Å². The van der Waals surface area contributed by atoms with Gasteiger partial charge in [0.2, 0.25) is 0 Å². The van der Waals surface area contributed by atoms with Gasteiger partial charge in [-0.2, -0.15) is 0 Å². The van der Waals surface area contributed by atoms with E-state index in [0.717, 1.165) is 17.7 Å². The predicted octanol–water partition coefficient (Wildman–Crippen LogP) is 2.29. The summed E-state index contributed by atoms with van der Waals surface area (Å²) in [7, 11) is 0. The van der Waals surface area contributed by atoms with E-state index in [9.17, 15) is 9.59 Å². The number of urea groups is 1. The Morgan fingerprint density at radius 2 is 2.21 bits per heavy atom. The summed E-state index contributed by atoms with van der Waals surface area (Å²) in [6, 6.07) is 3.87. The lowest BCUT2D eigenvalue weighted by atomic mass is 10.1. The fourth-order valence-electron chi connectivity index (χ4n) is 1.72. The minimum absolute atomic E-state index is 0.242. The van der Waals surface area contributed by atoms with Crippen molar-refractivity contribution in [3.05, 3.63) is 22.4 Å². The van der Waals surface area contributed by atoms with Crippen LogP contribution in [-0.4, -0.2) is 33.6 Å². The minimum Gasteiger partial charge on any atom is -0.480 e. The fourth-order valence-corrected chi connectivity index (χ4v) is 2.42. The van der Waals surface area contributed by atoms with Crippen LogP contribution in [0.1, 0.15) is 31.6 Å². The first-order valence-electron chi connectivity index (χ1n) is 6.25. The number of thiophene rings is 1. The van der Waals surface area contributed by atoms with Gasteiger partial charge in [0.05, 0.1) is 6.54 Å². The van der Waals surface area contributed by atoms with Crippen molar-refractivity contribution < 1.29 is 14.7 Å². The van der Waals surface area contributed by atoms with Crippen molar-refractivity contribution in [3.63, 3.8) is 0 Å². The highest BCUT2D eigenvalue weighted by Gasteiger charge is 2.37. The molecule has 1 aliphatic carbocycles. The van der Waals surface area contributed by atoms with Gasteiger partial charge in [0.1, 0.15) is 5.54 Å². The number of carbonyl (C=O) groups is 2. The number of amides is 2. The van der Waals surface area contributed by atoms with Crippen molar-refractivity contribution in [2.24, 2.45) is 0 Å². The summed E-state index contributed by atoms with van der Waals surface area (Å²) in [5.41, 5.74) is -1.25. The normalized spacial score (nSPS) is 15.1. The largest absolute Gasteiger partial charge is 0.480 e. The zero-order valence-corrected chi connectivity index (χ0v) is 11.9. The summed E-state index contributed by atoms with van der Waals surface area (Å²) in [6.45, 7) is 3.52. The Bertz CT molecular complexity index is 466. The Morgan fingerprint density at radius 3 is 2.68 bits per heavy atom. The smallest absolute Gasteiger partial charge is 0.328 e. The fraction of sp³-hybridized carbons (Fsp3) is 0.538. The molecule has 1 fully saturated rings. The third-order valence-corrected chi connectivity index (χ3v) is 3.97. The van der Waals surface area contributed by atoms with E-state index in [1.165, 1.54) is 13.8 Å². The SMILES string of the molecule is CC(C)(NC(=O)N(Cc1cccs1)C1CC1)C(=O)O. The van der Waals surface area contributed by atoms with Gasteiger partial charge in [-0.25, -0.2) is 9.59 Å². The van der Waals surface area contributed by atoms with Crippen LogP contribution in [-0.2, 0) is 11.3 Å². The van der Waals surface area contributed by atoms with Gasteiger partial charge in [-0.3, -0.25) is 0 Å². The molecule has 19 heavy (non-hydrogen) atoms. The number of aliphatic carboxylic acids is 1. The molecule has 5 nitrogen and oxygen atoms in total. The van der Waals surface area contributed by atoms with E-state index in [4.69, 9.17) is 5.11 Å². The molecule has 0 aliphatic heterocycles. The maximum absolute atomic E-state index is 12.2. The quantitative estimate of drug-likeness (QED) is 0.870. The van der Waals surface area contributed by atoms with Crippen LogP contribution in [0.2, 0.25) is 0 Å². The lowest BCUT2D eigenvalue weighted by Crippen LogP contribution is -2.54. The van der Waals surface area contributed by atoms with Crippen LogP contribution in [0.4, 0.5) is 4.79 Å². The molecule has 0 unspecified atom stereocenters. The number of hydrogen-bond donors (Lipinski definition) is 2. The van der Waals surface area contributed by atoms with Crippen molar-refractivity contribution in [2.45, 2.75) is 44.8 Å². The molecule has 104 valence electrons. The Balaban J connectivity index is 2.03. The average Bonchev–Trinajstić information content (AvgIpc) is 3.02. The van der Waals surface area contributed by atoms with Gasteiger partial charge in [0, 0.05) is 10.9 Å². The molecule has 1 heterocycles. The summed E-state index contributed by atoms with van der Waals surface area (Å²) in [4.78, 5) is 26.1. The molecular weight excluding hydrogens is 264 g/mol. The van der Waals surface area contributed by atoms with Crippen LogP contribution in [0.15, 0.2) is 17.5 Å². The van der Waals surface area contributed by atoms with E-state index in [-0.39, 0.29) is 12.1 Å². The summed E-state index contributed by atoms with van der Waals surface area (Å²) in [5, 5.41) is 13.6. The van der Waals surface area contributed by atoms with Crippen molar-refractivity contribution in [3.8, 4) is 0 Å². The number of carboxylic acid groups (broad SMARTS) is 1. The summed E-state index contributed by atoms with van der Waals surface area (Å²) < 4.78 is 0. The Morgan fingerprint density at radius 1 is 1.53 bits per heavy atom. The second kappa shape index (κ2) is 5.21. The first kappa shape index (κ1) is 13.9. The topological polar surface area (TPSA) is 69.6 Å². The number of nitrogens with zero attached hydrogens (tertiary/aromatic N) is 1. The first-order valence-corrected chi connectivity index (χ1v) is 7.12. The molecule has 0 atom stereocenters. The molecule has 0 bridgehead atoms. The third kappa shape index (κ3) is 3.47. The van der Waals surface area contributed by atoms with Gasteiger partial charge in [0.25, 0.3) is 0 Å². The van der Waals surface area contributed by atoms with Crippen LogP contribution in [0.5, 0.6) is 0 Å². The number of rotatable bonds is 5. The van der Waals surface area contributed by atoms with Gasteiger partial charge in [0.15, 0.2) is 0 Å². The Labute approximate surface area is 116 Å². The van der Waals surface area contributed by atoms with E-state index in [1.807, 2.05) is 17.5 Å². The number of nitrogens with one attached hydrogen (secondary N) is 1. The predicted molar refractivity (Wildman–Crippen MR) is 73.1 cm³/mol. The Hall–Kier alpha value is -1.56. The van der Waals surface area contributed by atoms with Gasteiger partial charge in [-0.15, -0.1) is 11.3 Å². The third-order valence-electron chi connectivity index (χ3n) is 3.11.